The van der Waals surface area contributed by atoms with Crippen molar-refractivity contribution in [2.75, 3.05) is 33.8 Å². The van der Waals surface area contributed by atoms with Gasteiger partial charge in [-0.2, -0.15) is 0 Å². The van der Waals surface area contributed by atoms with Crippen molar-refractivity contribution in [3.8, 4) is 11.5 Å². The fourth-order valence-corrected chi connectivity index (χ4v) is 3.69. The van der Waals surface area contributed by atoms with Gasteiger partial charge >= 0.3 is 0 Å². The molecule has 1 saturated heterocycles. The molecular formula is C24H33F2IN4O2. The minimum Gasteiger partial charge on any atom is -0.497 e. The summed E-state index contributed by atoms with van der Waals surface area (Å²) in [6, 6.07) is 11.9. The Hall–Kier alpha value is -2.14. The van der Waals surface area contributed by atoms with E-state index in [1.165, 1.54) is 12.1 Å². The minimum atomic E-state index is -0.806. The zero-order valence-electron chi connectivity index (χ0n) is 19.3. The highest BCUT2D eigenvalue weighted by molar-refractivity contribution is 14.0. The molecule has 1 heterocycles. The number of aliphatic imine (C=N–C) groups is 1. The molecule has 0 aliphatic carbocycles. The maximum Gasteiger partial charge on any atom is 0.191 e. The molecule has 2 aromatic rings. The van der Waals surface area contributed by atoms with Crippen LogP contribution < -0.4 is 20.1 Å². The Labute approximate surface area is 211 Å². The van der Waals surface area contributed by atoms with Crippen molar-refractivity contribution in [2.45, 2.75) is 38.5 Å². The maximum absolute atomic E-state index is 13.4. The maximum atomic E-state index is 13.4. The number of hydrogen-bond donors (Lipinski definition) is 2. The number of likely N-dealkylation sites (tertiary alicyclic amines) is 1. The number of benzene rings is 2. The molecule has 1 fully saturated rings. The number of halogens is 3. The third-order valence-corrected chi connectivity index (χ3v) is 5.50. The largest absolute Gasteiger partial charge is 0.497 e. The van der Waals surface area contributed by atoms with Gasteiger partial charge in [0.2, 0.25) is 0 Å². The van der Waals surface area contributed by atoms with Crippen molar-refractivity contribution < 1.29 is 18.3 Å². The smallest absolute Gasteiger partial charge is 0.191 e. The van der Waals surface area contributed by atoms with E-state index in [4.69, 9.17) is 9.47 Å². The average molecular weight is 574 g/mol. The normalized spacial score (nSPS) is 16.0. The van der Waals surface area contributed by atoms with Crippen molar-refractivity contribution in [2.24, 2.45) is 4.99 Å². The zero-order valence-corrected chi connectivity index (χ0v) is 21.6. The second kappa shape index (κ2) is 13.5. The van der Waals surface area contributed by atoms with E-state index < -0.39 is 11.6 Å². The molecule has 6 nitrogen and oxygen atoms in total. The van der Waals surface area contributed by atoms with E-state index in [0.29, 0.717) is 19.1 Å². The SMILES string of the molecule is CN=C(NCC(C)Oc1ccc(OC)cc1)NC1CCN(Cc2ccc(F)c(F)c2)CC1.I. The summed E-state index contributed by atoms with van der Waals surface area (Å²) in [5, 5.41) is 6.79. The topological polar surface area (TPSA) is 58.1 Å². The molecule has 182 valence electrons. The summed E-state index contributed by atoms with van der Waals surface area (Å²) in [5.74, 6) is 0.729. The molecule has 1 aliphatic rings. The molecule has 9 heteroatoms. The van der Waals surface area contributed by atoms with Gasteiger partial charge in [-0.25, -0.2) is 8.78 Å². The van der Waals surface area contributed by atoms with E-state index in [1.807, 2.05) is 31.2 Å². The molecular weight excluding hydrogens is 541 g/mol. The van der Waals surface area contributed by atoms with Crippen LogP contribution in [0.4, 0.5) is 8.78 Å². The van der Waals surface area contributed by atoms with Gasteiger partial charge in [-0.15, -0.1) is 24.0 Å². The van der Waals surface area contributed by atoms with Gasteiger partial charge in [0, 0.05) is 32.7 Å². The highest BCUT2D eigenvalue weighted by Crippen LogP contribution is 2.18. The number of nitrogens with zero attached hydrogens (tertiary/aromatic N) is 2. The lowest BCUT2D eigenvalue weighted by molar-refractivity contribution is 0.197. The van der Waals surface area contributed by atoms with Gasteiger partial charge in [-0.05, 0) is 61.7 Å². The van der Waals surface area contributed by atoms with Gasteiger partial charge in [0.1, 0.15) is 17.6 Å². The Balaban J connectivity index is 0.00000385. The number of methoxy groups -OCH3 is 1. The Kier molecular flexibility index (Phi) is 11.1. The van der Waals surface area contributed by atoms with Crippen LogP contribution in [0.1, 0.15) is 25.3 Å². The Morgan fingerprint density at radius 1 is 1.09 bits per heavy atom. The monoisotopic (exact) mass is 574 g/mol. The molecule has 2 N–H and O–H groups in total. The summed E-state index contributed by atoms with van der Waals surface area (Å²) in [4.78, 5) is 6.58. The quantitative estimate of drug-likeness (QED) is 0.282. The summed E-state index contributed by atoms with van der Waals surface area (Å²) in [6.45, 7) is 4.99. The molecule has 1 unspecified atom stereocenters. The molecule has 0 bridgehead atoms. The van der Waals surface area contributed by atoms with E-state index in [9.17, 15) is 8.78 Å². The Bertz CT molecular complexity index is 891. The third kappa shape index (κ3) is 8.62. The van der Waals surface area contributed by atoms with Crippen molar-refractivity contribution in [3.05, 3.63) is 59.7 Å². The first-order valence-corrected chi connectivity index (χ1v) is 10.9. The number of piperidine rings is 1. The highest BCUT2D eigenvalue weighted by Gasteiger charge is 2.20. The highest BCUT2D eigenvalue weighted by atomic mass is 127. The summed E-state index contributed by atoms with van der Waals surface area (Å²) in [5.41, 5.74) is 0.790. The first-order chi connectivity index (χ1) is 15.5. The summed E-state index contributed by atoms with van der Waals surface area (Å²) in [6.07, 6.45) is 1.85. The van der Waals surface area contributed by atoms with Gasteiger partial charge in [0.25, 0.3) is 0 Å². The molecule has 2 aromatic carbocycles. The van der Waals surface area contributed by atoms with Gasteiger partial charge in [-0.1, -0.05) is 6.07 Å². The number of guanidine groups is 1. The van der Waals surface area contributed by atoms with Crippen LogP contribution in [-0.2, 0) is 6.54 Å². The second-order valence-electron chi connectivity index (χ2n) is 8.00. The van der Waals surface area contributed by atoms with E-state index in [-0.39, 0.29) is 30.1 Å². The van der Waals surface area contributed by atoms with Crippen LogP contribution in [0.5, 0.6) is 11.5 Å². The summed E-state index contributed by atoms with van der Waals surface area (Å²) in [7, 11) is 3.39. The number of rotatable bonds is 8. The number of nitrogens with one attached hydrogen (secondary N) is 2. The van der Waals surface area contributed by atoms with Crippen LogP contribution >= 0.6 is 24.0 Å². The van der Waals surface area contributed by atoms with Crippen molar-refractivity contribution in [1.29, 1.82) is 0 Å². The van der Waals surface area contributed by atoms with E-state index in [1.54, 1.807) is 20.2 Å². The molecule has 1 aliphatic heterocycles. The predicted molar refractivity (Wildman–Crippen MR) is 138 cm³/mol. The first-order valence-electron chi connectivity index (χ1n) is 10.9. The average Bonchev–Trinajstić information content (AvgIpc) is 2.80. The molecule has 33 heavy (non-hydrogen) atoms. The summed E-state index contributed by atoms with van der Waals surface area (Å²) < 4.78 is 37.6. The second-order valence-corrected chi connectivity index (χ2v) is 8.00. The molecule has 1 atom stereocenters. The van der Waals surface area contributed by atoms with E-state index >= 15 is 0 Å². The number of ether oxygens (including phenoxy) is 2. The molecule has 0 aromatic heterocycles. The lowest BCUT2D eigenvalue weighted by atomic mass is 10.0. The van der Waals surface area contributed by atoms with Crippen LogP contribution in [0.3, 0.4) is 0 Å². The lowest BCUT2D eigenvalue weighted by Gasteiger charge is -2.33. The first kappa shape index (κ1) is 27.1. The number of hydrogen-bond acceptors (Lipinski definition) is 4. The predicted octanol–water partition coefficient (Wildman–Crippen LogP) is 4.19. The molecule has 0 radical (unpaired) electrons. The van der Waals surface area contributed by atoms with Gasteiger partial charge in [0.15, 0.2) is 17.6 Å². The van der Waals surface area contributed by atoms with Crippen LogP contribution in [0.25, 0.3) is 0 Å². The Morgan fingerprint density at radius 2 is 1.76 bits per heavy atom. The minimum absolute atomic E-state index is 0. The van der Waals surface area contributed by atoms with Crippen molar-refractivity contribution in [1.82, 2.24) is 15.5 Å². The lowest BCUT2D eigenvalue weighted by Crippen LogP contribution is -2.49. The van der Waals surface area contributed by atoms with Gasteiger partial charge < -0.3 is 20.1 Å². The fraction of sp³-hybridized carbons (Fsp3) is 0.458. The molecule has 0 amide bonds. The standard InChI is InChI=1S/C24H32F2N4O2.HI/c1-17(32-21-7-5-20(31-3)6-8-21)15-28-24(27-2)29-19-10-12-30(13-11-19)16-18-4-9-22(25)23(26)14-18;/h4-9,14,17,19H,10-13,15-16H2,1-3H3,(H2,27,28,29);1H. The molecule has 0 saturated carbocycles. The summed E-state index contributed by atoms with van der Waals surface area (Å²) >= 11 is 0. The van der Waals surface area contributed by atoms with E-state index in [0.717, 1.165) is 49.0 Å². The zero-order chi connectivity index (χ0) is 22.9. The molecule has 3 rings (SSSR count). The van der Waals surface area contributed by atoms with Crippen LogP contribution in [0.15, 0.2) is 47.5 Å². The van der Waals surface area contributed by atoms with Crippen molar-refractivity contribution >= 4 is 29.9 Å². The van der Waals surface area contributed by atoms with Gasteiger partial charge in [0.05, 0.1) is 13.7 Å². The van der Waals surface area contributed by atoms with Crippen molar-refractivity contribution in [3.63, 3.8) is 0 Å². The van der Waals surface area contributed by atoms with E-state index in [2.05, 4.69) is 20.5 Å². The van der Waals surface area contributed by atoms with Crippen LogP contribution in [0, 0.1) is 11.6 Å². The van der Waals surface area contributed by atoms with Gasteiger partial charge in [-0.3, -0.25) is 9.89 Å². The van der Waals surface area contributed by atoms with Crippen LogP contribution in [0.2, 0.25) is 0 Å². The van der Waals surface area contributed by atoms with Crippen LogP contribution in [-0.4, -0.2) is 56.8 Å². The molecule has 0 spiro atoms. The third-order valence-electron chi connectivity index (χ3n) is 5.50. The Morgan fingerprint density at radius 3 is 2.36 bits per heavy atom. The fourth-order valence-electron chi connectivity index (χ4n) is 3.69.